The van der Waals surface area contributed by atoms with Gasteiger partial charge in [-0.15, -0.1) is 0 Å². The predicted octanol–water partition coefficient (Wildman–Crippen LogP) is 3.60. The standard InChI is InChI=1S/C21H23N3O/c25-21-9-7-17-6-8-19(14-20(17)23-21)22-18-10-12-24(13-11-18)15-16-4-2-1-3-5-16/h1-9,14,18,22H,10-13,15H2,(H,23,25). The summed E-state index contributed by atoms with van der Waals surface area (Å²) >= 11 is 0. The molecule has 0 spiro atoms. The second-order valence-electron chi connectivity index (χ2n) is 6.80. The van der Waals surface area contributed by atoms with E-state index in [1.807, 2.05) is 12.1 Å². The third-order valence-electron chi connectivity index (χ3n) is 4.93. The van der Waals surface area contributed by atoms with Crippen molar-refractivity contribution < 1.29 is 0 Å². The minimum atomic E-state index is -0.0566. The average molecular weight is 333 g/mol. The van der Waals surface area contributed by atoms with Crippen molar-refractivity contribution in [2.24, 2.45) is 0 Å². The van der Waals surface area contributed by atoms with Gasteiger partial charge in [0.2, 0.25) is 5.56 Å². The number of aromatic amines is 1. The Morgan fingerprint density at radius 3 is 2.56 bits per heavy atom. The van der Waals surface area contributed by atoms with Gasteiger partial charge in [-0.05, 0) is 42.0 Å². The van der Waals surface area contributed by atoms with E-state index in [2.05, 4.69) is 57.7 Å². The van der Waals surface area contributed by atoms with Gasteiger partial charge >= 0.3 is 0 Å². The number of pyridine rings is 1. The number of nitrogens with zero attached hydrogens (tertiary/aromatic N) is 1. The highest BCUT2D eigenvalue weighted by Crippen LogP contribution is 2.21. The van der Waals surface area contributed by atoms with Crippen molar-refractivity contribution in [2.45, 2.75) is 25.4 Å². The van der Waals surface area contributed by atoms with Gasteiger partial charge in [0.15, 0.2) is 0 Å². The Balaban J connectivity index is 1.36. The maximum atomic E-state index is 11.5. The summed E-state index contributed by atoms with van der Waals surface area (Å²) in [6.45, 7) is 3.25. The third kappa shape index (κ3) is 3.91. The second kappa shape index (κ2) is 7.11. The molecule has 4 rings (SSSR count). The minimum Gasteiger partial charge on any atom is -0.382 e. The highest BCUT2D eigenvalue weighted by atomic mass is 16.1. The molecule has 0 amide bonds. The van der Waals surface area contributed by atoms with Crippen molar-refractivity contribution in [1.29, 1.82) is 0 Å². The van der Waals surface area contributed by atoms with Crippen LogP contribution in [0.2, 0.25) is 0 Å². The van der Waals surface area contributed by atoms with Crippen molar-refractivity contribution >= 4 is 16.6 Å². The van der Waals surface area contributed by atoms with Crippen LogP contribution >= 0.6 is 0 Å². The first-order valence-corrected chi connectivity index (χ1v) is 8.92. The molecule has 128 valence electrons. The molecule has 1 aliphatic rings. The van der Waals surface area contributed by atoms with Crippen molar-refractivity contribution in [3.8, 4) is 0 Å². The zero-order valence-electron chi connectivity index (χ0n) is 14.2. The minimum absolute atomic E-state index is 0.0566. The second-order valence-corrected chi connectivity index (χ2v) is 6.80. The first-order chi connectivity index (χ1) is 12.3. The van der Waals surface area contributed by atoms with Crippen LogP contribution in [0.25, 0.3) is 10.9 Å². The Labute approximate surface area is 147 Å². The summed E-state index contributed by atoms with van der Waals surface area (Å²) in [5, 5.41) is 4.69. The lowest BCUT2D eigenvalue weighted by molar-refractivity contribution is 0.211. The first kappa shape index (κ1) is 15.9. The van der Waals surface area contributed by atoms with Gasteiger partial charge in [-0.3, -0.25) is 9.69 Å². The summed E-state index contributed by atoms with van der Waals surface area (Å²) in [5.74, 6) is 0. The quantitative estimate of drug-likeness (QED) is 0.767. The molecule has 0 unspecified atom stereocenters. The number of piperidine rings is 1. The number of benzene rings is 2. The van der Waals surface area contributed by atoms with Crippen LogP contribution in [0.1, 0.15) is 18.4 Å². The fraction of sp³-hybridized carbons (Fsp3) is 0.286. The summed E-state index contributed by atoms with van der Waals surface area (Å²) in [6, 6.07) is 20.8. The Bertz CT molecular complexity index is 896. The summed E-state index contributed by atoms with van der Waals surface area (Å²) in [6.07, 6.45) is 2.27. The van der Waals surface area contributed by atoms with Gasteiger partial charge in [0.05, 0.1) is 5.52 Å². The number of anilines is 1. The van der Waals surface area contributed by atoms with Crippen LogP contribution in [-0.2, 0) is 6.54 Å². The Morgan fingerprint density at radius 1 is 1.00 bits per heavy atom. The van der Waals surface area contributed by atoms with Crippen molar-refractivity contribution in [1.82, 2.24) is 9.88 Å². The van der Waals surface area contributed by atoms with E-state index in [0.29, 0.717) is 6.04 Å². The third-order valence-corrected chi connectivity index (χ3v) is 4.93. The van der Waals surface area contributed by atoms with E-state index in [-0.39, 0.29) is 5.56 Å². The number of H-pyrrole nitrogens is 1. The normalized spacial score (nSPS) is 16.2. The Kier molecular flexibility index (Phi) is 4.53. The molecule has 4 heteroatoms. The number of fused-ring (bicyclic) bond motifs is 1. The van der Waals surface area contributed by atoms with Crippen LogP contribution in [0.15, 0.2) is 65.5 Å². The molecule has 1 aliphatic heterocycles. The van der Waals surface area contributed by atoms with E-state index in [0.717, 1.165) is 49.1 Å². The lowest BCUT2D eigenvalue weighted by Gasteiger charge is -2.33. The fourth-order valence-electron chi connectivity index (χ4n) is 3.55. The summed E-state index contributed by atoms with van der Waals surface area (Å²) in [7, 11) is 0. The fourth-order valence-corrected chi connectivity index (χ4v) is 3.55. The molecule has 1 saturated heterocycles. The van der Waals surface area contributed by atoms with Gasteiger partial charge in [0.25, 0.3) is 0 Å². The van der Waals surface area contributed by atoms with Crippen LogP contribution in [0.5, 0.6) is 0 Å². The summed E-state index contributed by atoms with van der Waals surface area (Å²) in [4.78, 5) is 16.9. The van der Waals surface area contributed by atoms with E-state index in [4.69, 9.17) is 0 Å². The van der Waals surface area contributed by atoms with Crippen LogP contribution in [0, 0.1) is 0 Å². The smallest absolute Gasteiger partial charge is 0.248 e. The van der Waals surface area contributed by atoms with E-state index in [9.17, 15) is 4.79 Å². The molecule has 0 saturated carbocycles. The lowest BCUT2D eigenvalue weighted by Crippen LogP contribution is -2.38. The van der Waals surface area contributed by atoms with Crippen LogP contribution in [-0.4, -0.2) is 29.0 Å². The van der Waals surface area contributed by atoms with Gasteiger partial charge in [-0.2, -0.15) is 0 Å². The summed E-state index contributed by atoms with van der Waals surface area (Å²) < 4.78 is 0. The molecule has 0 atom stereocenters. The van der Waals surface area contributed by atoms with Gasteiger partial charge in [-0.1, -0.05) is 36.4 Å². The van der Waals surface area contributed by atoms with Crippen LogP contribution in [0.4, 0.5) is 5.69 Å². The molecule has 0 aliphatic carbocycles. The van der Waals surface area contributed by atoms with Crippen LogP contribution in [0.3, 0.4) is 0 Å². The zero-order chi connectivity index (χ0) is 17.1. The Hall–Kier alpha value is -2.59. The molecule has 1 fully saturated rings. The maximum absolute atomic E-state index is 11.5. The first-order valence-electron chi connectivity index (χ1n) is 8.92. The molecule has 2 aromatic carbocycles. The van der Waals surface area contributed by atoms with E-state index in [1.165, 1.54) is 5.56 Å². The number of aromatic nitrogens is 1. The van der Waals surface area contributed by atoms with Crippen molar-refractivity contribution in [3.05, 3.63) is 76.6 Å². The number of hydrogen-bond acceptors (Lipinski definition) is 3. The van der Waals surface area contributed by atoms with E-state index in [1.54, 1.807) is 6.07 Å². The molecule has 0 bridgehead atoms. The van der Waals surface area contributed by atoms with Gasteiger partial charge < -0.3 is 10.3 Å². The van der Waals surface area contributed by atoms with Crippen molar-refractivity contribution in [3.63, 3.8) is 0 Å². The largest absolute Gasteiger partial charge is 0.382 e. The number of hydrogen-bond donors (Lipinski definition) is 2. The van der Waals surface area contributed by atoms with E-state index < -0.39 is 0 Å². The summed E-state index contributed by atoms with van der Waals surface area (Å²) in [5.41, 5.74) is 3.29. The molecule has 1 aromatic heterocycles. The number of nitrogens with one attached hydrogen (secondary N) is 2. The van der Waals surface area contributed by atoms with Crippen LogP contribution < -0.4 is 10.9 Å². The van der Waals surface area contributed by atoms with E-state index >= 15 is 0 Å². The SMILES string of the molecule is O=c1ccc2ccc(NC3CCN(Cc4ccccc4)CC3)cc2[nH]1. The molecule has 4 nitrogen and oxygen atoms in total. The zero-order valence-corrected chi connectivity index (χ0v) is 14.2. The topological polar surface area (TPSA) is 48.1 Å². The molecular weight excluding hydrogens is 310 g/mol. The highest BCUT2D eigenvalue weighted by Gasteiger charge is 2.19. The molecule has 2 N–H and O–H groups in total. The molecule has 2 heterocycles. The molecule has 25 heavy (non-hydrogen) atoms. The van der Waals surface area contributed by atoms with Gasteiger partial charge in [0, 0.05) is 37.4 Å². The number of likely N-dealkylation sites (tertiary alicyclic amines) is 1. The average Bonchev–Trinajstić information content (AvgIpc) is 2.64. The monoisotopic (exact) mass is 333 g/mol. The highest BCUT2D eigenvalue weighted by molar-refractivity contribution is 5.81. The number of rotatable bonds is 4. The molecule has 0 radical (unpaired) electrons. The van der Waals surface area contributed by atoms with Gasteiger partial charge in [0.1, 0.15) is 0 Å². The Morgan fingerprint density at radius 2 is 1.76 bits per heavy atom. The predicted molar refractivity (Wildman–Crippen MR) is 103 cm³/mol. The van der Waals surface area contributed by atoms with Gasteiger partial charge in [-0.25, -0.2) is 0 Å². The molecule has 3 aromatic rings. The van der Waals surface area contributed by atoms with Crippen molar-refractivity contribution in [2.75, 3.05) is 18.4 Å². The molecular formula is C21H23N3O. The maximum Gasteiger partial charge on any atom is 0.248 e. The lowest BCUT2D eigenvalue weighted by atomic mass is 10.0.